The Labute approximate surface area is 154 Å². The smallest absolute Gasteiger partial charge is 0.317 e. The van der Waals surface area contributed by atoms with Crippen molar-refractivity contribution >= 4 is 17.4 Å². The summed E-state index contributed by atoms with van der Waals surface area (Å²) in [5.74, 6) is 0. The quantitative estimate of drug-likeness (QED) is 0.904. The third-order valence-corrected chi connectivity index (χ3v) is 6.10. The normalized spacial score (nSPS) is 20.9. The Hall–Kier alpha value is -2.56. The van der Waals surface area contributed by atoms with E-state index in [9.17, 15) is 4.79 Å². The maximum absolute atomic E-state index is 12.4. The molecule has 1 spiro atoms. The zero-order valence-corrected chi connectivity index (χ0v) is 14.9. The summed E-state index contributed by atoms with van der Waals surface area (Å²) < 4.78 is 0. The molecule has 1 saturated heterocycles. The van der Waals surface area contributed by atoms with Gasteiger partial charge in [0.05, 0.1) is 11.9 Å². The van der Waals surface area contributed by atoms with Crippen molar-refractivity contribution in [2.75, 3.05) is 24.5 Å². The molecule has 5 heteroatoms. The van der Waals surface area contributed by atoms with Crippen LogP contribution in [0.3, 0.4) is 0 Å². The Morgan fingerprint density at radius 3 is 2.65 bits per heavy atom. The molecule has 1 aromatic carbocycles. The van der Waals surface area contributed by atoms with Crippen LogP contribution < -0.4 is 10.2 Å². The highest BCUT2D eigenvalue weighted by atomic mass is 16.2. The summed E-state index contributed by atoms with van der Waals surface area (Å²) in [6.07, 6.45) is 8.05. The van der Waals surface area contributed by atoms with Crippen molar-refractivity contribution in [1.82, 2.24) is 15.2 Å². The summed E-state index contributed by atoms with van der Waals surface area (Å²) in [6, 6.07) is 13.4. The van der Waals surface area contributed by atoms with Gasteiger partial charge in [-0.1, -0.05) is 18.2 Å². The molecule has 0 radical (unpaired) electrons. The van der Waals surface area contributed by atoms with Gasteiger partial charge in [0.2, 0.25) is 0 Å². The predicted molar refractivity (Wildman–Crippen MR) is 102 cm³/mol. The molecule has 3 heterocycles. The number of nitrogens with zero attached hydrogens (tertiary/aromatic N) is 3. The highest BCUT2D eigenvalue weighted by Gasteiger charge is 2.45. The summed E-state index contributed by atoms with van der Waals surface area (Å²) in [4.78, 5) is 21.1. The van der Waals surface area contributed by atoms with Crippen molar-refractivity contribution in [3.63, 3.8) is 0 Å². The Balaban J connectivity index is 1.39. The van der Waals surface area contributed by atoms with Crippen molar-refractivity contribution in [2.24, 2.45) is 0 Å². The molecule has 2 amide bonds. The highest BCUT2D eigenvalue weighted by Crippen LogP contribution is 2.49. The molecule has 5 nitrogen and oxygen atoms in total. The molecule has 1 N–H and O–H groups in total. The fourth-order valence-electron chi connectivity index (χ4n) is 4.43. The first kappa shape index (κ1) is 15.7. The Morgan fingerprint density at radius 1 is 1.12 bits per heavy atom. The maximum atomic E-state index is 12.4. The zero-order valence-electron chi connectivity index (χ0n) is 14.9. The first-order chi connectivity index (χ1) is 12.8. The average Bonchev–Trinajstić information content (AvgIpc) is 3.46. The third-order valence-electron chi connectivity index (χ3n) is 6.10. The largest absolute Gasteiger partial charge is 0.339 e. The number of pyridine rings is 1. The molecule has 1 aliphatic carbocycles. The number of hydrogen-bond acceptors (Lipinski definition) is 3. The molecular weight excluding hydrogens is 324 g/mol. The lowest BCUT2D eigenvalue weighted by atomic mass is 9.74. The number of carbonyl (C=O) groups excluding carboxylic acids is 1. The number of carbonyl (C=O) groups is 1. The van der Waals surface area contributed by atoms with Crippen molar-refractivity contribution < 1.29 is 4.79 Å². The summed E-state index contributed by atoms with van der Waals surface area (Å²) >= 11 is 0. The van der Waals surface area contributed by atoms with Crippen LogP contribution in [-0.2, 0) is 5.41 Å². The predicted octanol–water partition coefficient (Wildman–Crippen LogP) is 3.44. The van der Waals surface area contributed by atoms with E-state index in [1.54, 1.807) is 0 Å². The standard InChI is InChI=1S/C21H24N4O/c26-20(23-16-7-8-16)24-12-9-21(10-13-24)15-25(17-4-3-11-22-14-17)19-6-2-1-5-18(19)21/h1-6,11,14,16H,7-10,12-13,15H2,(H,23,26). The van der Waals surface area contributed by atoms with E-state index in [1.807, 2.05) is 23.4 Å². The van der Waals surface area contributed by atoms with Crippen molar-refractivity contribution in [3.05, 3.63) is 54.4 Å². The number of likely N-dealkylation sites (tertiary alicyclic amines) is 1. The summed E-state index contributed by atoms with van der Waals surface area (Å²) in [5.41, 5.74) is 3.98. The third kappa shape index (κ3) is 2.62. The zero-order chi connectivity index (χ0) is 17.6. The summed E-state index contributed by atoms with van der Waals surface area (Å²) in [5, 5.41) is 3.12. The molecule has 134 valence electrons. The minimum absolute atomic E-state index is 0.123. The van der Waals surface area contributed by atoms with Crippen LogP contribution in [0.5, 0.6) is 0 Å². The van der Waals surface area contributed by atoms with Gasteiger partial charge in [-0.3, -0.25) is 4.98 Å². The number of benzene rings is 1. The van der Waals surface area contributed by atoms with Gasteiger partial charge in [-0.25, -0.2) is 4.79 Å². The van der Waals surface area contributed by atoms with Gasteiger partial charge >= 0.3 is 6.03 Å². The molecule has 26 heavy (non-hydrogen) atoms. The van der Waals surface area contributed by atoms with Gasteiger partial charge in [0.25, 0.3) is 0 Å². The second-order valence-corrected chi connectivity index (χ2v) is 7.81. The lowest BCUT2D eigenvalue weighted by molar-refractivity contribution is 0.162. The van der Waals surface area contributed by atoms with Gasteiger partial charge in [0, 0.05) is 43.0 Å². The van der Waals surface area contributed by atoms with Crippen molar-refractivity contribution in [3.8, 4) is 0 Å². The fraction of sp³-hybridized carbons (Fsp3) is 0.429. The Bertz CT molecular complexity index is 810. The van der Waals surface area contributed by atoms with Crippen LogP contribution in [0.15, 0.2) is 48.8 Å². The first-order valence-electron chi connectivity index (χ1n) is 9.58. The number of urea groups is 1. The number of amides is 2. The molecule has 2 fully saturated rings. The number of piperidine rings is 1. The van der Waals surface area contributed by atoms with Crippen molar-refractivity contribution in [2.45, 2.75) is 37.1 Å². The number of rotatable bonds is 2. The summed E-state index contributed by atoms with van der Waals surface area (Å²) in [7, 11) is 0. The van der Waals surface area contributed by atoms with E-state index < -0.39 is 0 Å². The molecule has 2 aliphatic heterocycles. The van der Waals surface area contributed by atoms with E-state index in [0.717, 1.165) is 51.0 Å². The molecule has 1 saturated carbocycles. The van der Waals surface area contributed by atoms with Crippen LogP contribution in [0.25, 0.3) is 0 Å². The lowest BCUT2D eigenvalue weighted by Crippen LogP contribution is -2.50. The molecule has 1 aromatic heterocycles. The first-order valence-corrected chi connectivity index (χ1v) is 9.58. The van der Waals surface area contributed by atoms with Crippen LogP contribution in [0.4, 0.5) is 16.2 Å². The monoisotopic (exact) mass is 348 g/mol. The van der Waals surface area contributed by atoms with Crippen LogP contribution in [0.1, 0.15) is 31.2 Å². The van der Waals surface area contributed by atoms with Gasteiger partial charge in [0.1, 0.15) is 0 Å². The number of aromatic nitrogens is 1. The molecule has 3 aliphatic rings. The fourth-order valence-corrected chi connectivity index (χ4v) is 4.43. The van der Waals surface area contributed by atoms with Gasteiger partial charge in [-0.15, -0.1) is 0 Å². The van der Waals surface area contributed by atoms with E-state index in [-0.39, 0.29) is 11.4 Å². The summed E-state index contributed by atoms with van der Waals surface area (Å²) in [6.45, 7) is 2.62. The van der Waals surface area contributed by atoms with E-state index >= 15 is 0 Å². The molecule has 5 rings (SSSR count). The number of para-hydroxylation sites is 1. The lowest BCUT2D eigenvalue weighted by Gasteiger charge is -2.40. The number of anilines is 2. The maximum Gasteiger partial charge on any atom is 0.317 e. The Morgan fingerprint density at radius 2 is 1.92 bits per heavy atom. The molecule has 0 unspecified atom stereocenters. The minimum atomic E-state index is 0.123. The van der Waals surface area contributed by atoms with Gasteiger partial charge < -0.3 is 15.1 Å². The van der Waals surface area contributed by atoms with Crippen molar-refractivity contribution in [1.29, 1.82) is 0 Å². The van der Waals surface area contributed by atoms with E-state index in [0.29, 0.717) is 6.04 Å². The van der Waals surface area contributed by atoms with Gasteiger partial charge in [0.15, 0.2) is 0 Å². The van der Waals surface area contributed by atoms with Crippen LogP contribution >= 0.6 is 0 Å². The molecule has 0 atom stereocenters. The average molecular weight is 348 g/mol. The van der Waals surface area contributed by atoms with E-state index in [4.69, 9.17) is 0 Å². The van der Waals surface area contributed by atoms with Gasteiger partial charge in [-0.05, 0) is 49.4 Å². The SMILES string of the molecule is O=C(NC1CC1)N1CCC2(CC1)CN(c1cccnc1)c1ccccc12. The van der Waals surface area contributed by atoms with Gasteiger partial charge in [-0.2, -0.15) is 0 Å². The van der Waals surface area contributed by atoms with Crippen LogP contribution in [0, 0.1) is 0 Å². The van der Waals surface area contributed by atoms with E-state index in [1.165, 1.54) is 11.3 Å². The number of fused-ring (bicyclic) bond motifs is 2. The Kier molecular flexibility index (Phi) is 3.62. The molecular formula is C21H24N4O. The number of nitrogens with one attached hydrogen (secondary N) is 1. The minimum Gasteiger partial charge on any atom is -0.339 e. The van der Waals surface area contributed by atoms with Crippen LogP contribution in [0.2, 0.25) is 0 Å². The second kappa shape index (κ2) is 6.01. The molecule has 2 aromatic rings. The second-order valence-electron chi connectivity index (χ2n) is 7.81. The van der Waals surface area contributed by atoms with E-state index in [2.05, 4.69) is 45.5 Å². The number of hydrogen-bond donors (Lipinski definition) is 1. The van der Waals surface area contributed by atoms with Crippen LogP contribution in [-0.4, -0.2) is 41.6 Å². The highest BCUT2D eigenvalue weighted by molar-refractivity contribution is 5.76. The topological polar surface area (TPSA) is 48.5 Å². The molecule has 0 bridgehead atoms.